The van der Waals surface area contributed by atoms with E-state index in [-0.39, 0.29) is 0 Å². The molecule has 0 aliphatic heterocycles. The lowest BCUT2D eigenvalue weighted by Gasteiger charge is -2.26. The minimum atomic E-state index is -0.495. The van der Waals surface area contributed by atoms with Crippen LogP contribution >= 0.6 is 0 Å². The van der Waals surface area contributed by atoms with E-state index in [0.717, 1.165) is 18.8 Å². The highest BCUT2D eigenvalue weighted by Gasteiger charge is 2.13. The van der Waals surface area contributed by atoms with Gasteiger partial charge in [-0.2, -0.15) is 0 Å². The molecule has 0 bridgehead atoms. The molecule has 1 rings (SSSR count). The van der Waals surface area contributed by atoms with Gasteiger partial charge in [-0.3, -0.25) is 4.90 Å². The number of nitrogens with zero attached hydrogens (tertiary/aromatic N) is 1. The lowest BCUT2D eigenvalue weighted by Crippen LogP contribution is -2.39. The standard InChI is InChI=1S/C16H27NO3/c1-14(2)11-17(9-10-19-3)12-15(18)13-20-16-7-5-4-6-8-16/h4-8,14-15,18H,9-13H2,1-3H3/t15-/m1/s1. The van der Waals surface area contributed by atoms with Gasteiger partial charge in [0.1, 0.15) is 18.5 Å². The lowest BCUT2D eigenvalue weighted by atomic mass is 10.2. The topological polar surface area (TPSA) is 41.9 Å². The highest BCUT2D eigenvalue weighted by Crippen LogP contribution is 2.09. The first-order chi connectivity index (χ1) is 9.61. The van der Waals surface area contributed by atoms with E-state index < -0.39 is 6.10 Å². The van der Waals surface area contributed by atoms with Gasteiger partial charge in [0.2, 0.25) is 0 Å². The van der Waals surface area contributed by atoms with Crippen LogP contribution in [0.2, 0.25) is 0 Å². The molecule has 0 radical (unpaired) electrons. The molecular formula is C16H27NO3. The van der Waals surface area contributed by atoms with Crippen molar-refractivity contribution in [2.24, 2.45) is 5.92 Å². The van der Waals surface area contributed by atoms with Crippen molar-refractivity contribution in [2.45, 2.75) is 20.0 Å². The minimum Gasteiger partial charge on any atom is -0.491 e. The summed E-state index contributed by atoms with van der Waals surface area (Å²) in [5, 5.41) is 10.1. The molecule has 1 N–H and O–H groups in total. The van der Waals surface area contributed by atoms with Crippen LogP contribution in [-0.2, 0) is 4.74 Å². The van der Waals surface area contributed by atoms with Crippen molar-refractivity contribution >= 4 is 0 Å². The second-order valence-corrected chi connectivity index (χ2v) is 5.42. The summed E-state index contributed by atoms with van der Waals surface area (Å²) in [7, 11) is 1.70. The number of para-hydroxylation sites is 1. The number of aliphatic hydroxyl groups excluding tert-OH is 1. The normalized spacial score (nSPS) is 12.9. The highest BCUT2D eigenvalue weighted by atomic mass is 16.5. The number of ether oxygens (including phenoxy) is 2. The van der Waals surface area contributed by atoms with E-state index in [0.29, 0.717) is 25.7 Å². The number of methoxy groups -OCH3 is 1. The van der Waals surface area contributed by atoms with Crippen molar-refractivity contribution in [1.82, 2.24) is 4.90 Å². The molecule has 20 heavy (non-hydrogen) atoms. The number of rotatable bonds is 10. The van der Waals surface area contributed by atoms with Crippen molar-refractivity contribution < 1.29 is 14.6 Å². The smallest absolute Gasteiger partial charge is 0.119 e. The summed E-state index contributed by atoms with van der Waals surface area (Å²) in [6.07, 6.45) is -0.495. The predicted octanol–water partition coefficient (Wildman–Crippen LogP) is 2.03. The molecule has 1 atom stereocenters. The van der Waals surface area contributed by atoms with Gasteiger partial charge in [0.25, 0.3) is 0 Å². The number of benzene rings is 1. The van der Waals surface area contributed by atoms with E-state index in [1.807, 2.05) is 30.3 Å². The van der Waals surface area contributed by atoms with Gasteiger partial charge < -0.3 is 14.6 Å². The summed E-state index contributed by atoms with van der Waals surface area (Å²) in [5.41, 5.74) is 0. The molecule has 0 fully saturated rings. The SMILES string of the molecule is COCCN(CC(C)C)C[C@@H](O)COc1ccccc1. The van der Waals surface area contributed by atoms with Crippen molar-refractivity contribution in [3.63, 3.8) is 0 Å². The minimum absolute atomic E-state index is 0.311. The number of hydrogen-bond acceptors (Lipinski definition) is 4. The molecule has 0 spiro atoms. The maximum absolute atomic E-state index is 10.1. The van der Waals surface area contributed by atoms with Crippen molar-refractivity contribution in [3.8, 4) is 5.75 Å². The van der Waals surface area contributed by atoms with Crippen LogP contribution in [0.25, 0.3) is 0 Å². The van der Waals surface area contributed by atoms with Crippen LogP contribution in [0.4, 0.5) is 0 Å². The lowest BCUT2D eigenvalue weighted by molar-refractivity contribution is 0.0529. The molecule has 0 amide bonds. The number of aliphatic hydroxyl groups is 1. The Morgan fingerprint density at radius 3 is 2.45 bits per heavy atom. The van der Waals surface area contributed by atoms with E-state index in [2.05, 4.69) is 18.7 Å². The monoisotopic (exact) mass is 281 g/mol. The Morgan fingerprint density at radius 2 is 1.85 bits per heavy atom. The van der Waals surface area contributed by atoms with Crippen LogP contribution in [0.5, 0.6) is 5.75 Å². The van der Waals surface area contributed by atoms with Gasteiger partial charge in [0.05, 0.1) is 6.61 Å². The van der Waals surface area contributed by atoms with E-state index in [4.69, 9.17) is 9.47 Å². The molecule has 4 nitrogen and oxygen atoms in total. The maximum Gasteiger partial charge on any atom is 0.119 e. The Balaban J connectivity index is 2.34. The fraction of sp³-hybridized carbons (Fsp3) is 0.625. The largest absolute Gasteiger partial charge is 0.491 e. The van der Waals surface area contributed by atoms with Gasteiger partial charge in [-0.1, -0.05) is 32.0 Å². The van der Waals surface area contributed by atoms with Crippen LogP contribution in [0.1, 0.15) is 13.8 Å². The summed E-state index contributed by atoms with van der Waals surface area (Å²) in [6.45, 7) is 7.72. The fourth-order valence-electron chi connectivity index (χ4n) is 2.05. The van der Waals surface area contributed by atoms with E-state index in [9.17, 15) is 5.11 Å². The molecular weight excluding hydrogens is 254 g/mol. The summed E-state index contributed by atoms with van der Waals surface area (Å²) < 4.78 is 10.7. The fourth-order valence-corrected chi connectivity index (χ4v) is 2.05. The van der Waals surface area contributed by atoms with Crippen LogP contribution in [0.3, 0.4) is 0 Å². The quantitative estimate of drug-likeness (QED) is 0.712. The average molecular weight is 281 g/mol. The van der Waals surface area contributed by atoms with Gasteiger partial charge >= 0.3 is 0 Å². The molecule has 0 heterocycles. The van der Waals surface area contributed by atoms with Gasteiger partial charge in [-0.25, -0.2) is 0 Å². The van der Waals surface area contributed by atoms with Gasteiger partial charge in [-0.05, 0) is 18.1 Å². The van der Waals surface area contributed by atoms with E-state index in [1.165, 1.54) is 0 Å². The van der Waals surface area contributed by atoms with Crippen LogP contribution in [0, 0.1) is 5.92 Å². The molecule has 0 aliphatic carbocycles. The Labute approximate surface area is 122 Å². The van der Waals surface area contributed by atoms with Gasteiger partial charge in [-0.15, -0.1) is 0 Å². The summed E-state index contributed by atoms with van der Waals surface area (Å²) in [5.74, 6) is 1.35. The summed E-state index contributed by atoms with van der Waals surface area (Å²) in [6, 6.07) is 9.57. The third kappa shape index (κ3) is 7.48. The van der Waals surface area contributed by atoms with E-state index >= 15 is 0 Å². The molecule has 114 valence electrons. The molecule has 0 saturated heterocycles. The second kappa shape index (κ2) is 9.75. The van der Waals surface area contributed by atoms with Crippen molar-refractivity contribution in [1.29, 1.82) is 0 Å². The second-order valence-electron chi connectivity index (χ2n) is 5.42. The zero-order valence-electron chi connectivity index (χ0n) is 12.8. The van der Waals surface area contributed by atoms with Gasteiger partial charge in [0.15, 0.2) is 0 Å². The molecule has 1 aromatic rings. The Bertz CT molecular complexity index is 343. The average Bonchev–Trinajstić information content (AvgIpc) is 2.43. The molecule has 4 heteroatoms. The van der Waals surface area contributed by atoms with Crippen molar-refractivity contribution in [3.05, 3.63) is 30.3 Å². The number of hydrogen-bond donors (Lipinski definition) is 1. The zero-order valence-corrected chi connectivity index (χ0v) is 12.8. The third-order valence-electron chi connectivity index (χ3n) is 2.89. The van der Waals surface area contributed by atoms with Gasteiger partial charge in [0, 0.05) is 26.7 Å². The summed E-state index contributed by atoms with van der Waals surface area (Å²) >= 11 is 0. The molecule has 0 aliphatic rings. The third-order valence-corrected chi connectivity index (χ3v) is 2.89. The first kappa shape index (κ1) is 17.0. The maximum atomic E-state index is 10.1. The molecule has 1 aromatic carbocycles. The molecule has 0 unspecified atom stereocenters. The highest BCUT2D eigenvalue weighted by molar-refractivity contribution is 5.20. The Morgan fingerprint density at radius 1 is 1.15 bits per heavy atom. The van der Waals surface area contributed by atoms with Crippen LogP contribution in [0.15, 0.2) is 30.3 Å². The Kier molecular flexibility index (Phi) is 8.26. The molecule has 0 aromatic heterocycles. The van der Waals surface area contributed by atoms with Crippen LogP contribution in [-0.4, -0.2) is 56.1 Å². The first-order valence-electron chi connectivity index (χ1n) is 7.19. The first-order valence-corrected chi connectivity index (χ1v) is 7.19. The predicted molar refractivity (Wildman–Crippen MR) is 81.1 cm³/mol. The Hall–Kier alpha value is -1.10. The van der Waals surface area contributed by atoms with Crippen molar-refractivity contribution in [2.75, 3.05) is 40.0 Å². The summed E-state index contributed by atoms with van der Waals surface area (Å²) in [4.78, 5) is 2.22. The van der Waals surface area contributed by atoms with E-state index in [1.54, 1.807) is 7.11 Å². The molecule has 0 saturated carbocycles. The zero-order chi connectivity index (χ0) is 14.8. The van der Waals surface area contributed by atoms with Crippen LogP contribution < -0.4 is 4.74 Å².